The van der Waals surface area contributed by atoms with E-state index in [1.807, 2.05) is 7.05 Å². The van der Waals surface area contributed by atoms with Crippen molar-refractivity contribution in [2.45, 2.75) is 37.0 Å². The van der Waals surface area contributed by atoms with Crippen LogP contribution in [0.15, 0.2) is 4.99 Å². The fourth-order valence-electron chi connectivity index (χ4n) is 2.68. The minimum Gasteiger partial charge on any atom is -0.383 e. The summed E-state index contributed by atoms with van der Waals surface area (Å²) in [4.78, 5) is 6.83. The van der Waals surface area contributed by atoms with Gasteiger partial charge < -0.3 is 15.4 Å². The number of rotatable bonds is 9. The molecular formula is C15H31IN4OS. The third-order valence-electron chi connectivity index (χ3n) is 4.08. The van der Waals surface area contributed by atoms with Crippen LogP contribution < -0.4 is 10.6 Å². The molecule has 2 N–H and O–H groups in total. The zero-order chi connectivity index (χ0) is 14.9. The Balaban J connectivity index is 0.00000242. The smallest absolute Gasteiger partial charge is 0.191 e. The van der Waals surface area contributed by atoms with Crippen LogP contribution in [0.1, 0.15) is 25.7 Å². The summed E-state index contributed by atoms with van der Waals surface area (Å²) in [6.07, 6.45) is 5.38. The Morgan fingerprint density at radius 3 is 2.68 bits per heavy atom. The largest absolute Gasteiger partial charge is 0.383 e. The van der Waals surface area contributed by atoms with Crippen LogP contribution in [0.25, 0.3) is 0 Å². The van der Waals surface area contributed by atoms with Gasteiger partial charge in [-0.05, 0) is 31.4 Å². The van der Waals surface area contributed by atoms with Crippen LogP contribution in [-0.4, -0.2) is 74.8 Å². The highest BCUT2D eigenvalue weighted by Gasteiger charge is 2.28. The maximum atomic E-state index is 5.19. The van der Waals surface area contributed by atoms with Gasteiger partial charge >= 0.3 is 0 Å². The summed E-state index contributed by atoms with van der Waals surface area (Å²) in [5.74, 6) is 2.25. The Kier molecular flexibility index (Phi) is 10.9. The minimum atomic E-state index is 0. The quantitative estimate of drug-likeness (QED) is 0.324. The number of hydrogen-bond acceptors (Lipinski definition) is 4. The zero-order valence-electron chi connectivity index (χ0n) is 13.8. The fraction of sp³-hybridized carbons (Fsp3) is 0.933. The molecule has 1 aliphatic carbocycles. The molecule has 1 heterocycles. The average Bonchev–Trinajstić information content (AvgIpc) is 3.21. The number of nitrogens with one attached hydrogen (secondary N) is 2. The van der Waals surface area contributed by atoms with Gasteiger partial charge in [0.15, 0.2) is 5.96 Å². The van der Waals surface area contributed by atoms with Crippen LogP contribution in [0.2, 0.25) is 0 Å². The van der Waals surface area contributed by atoms with E-state index in [1.165, 1.54) is 31.4 Å². The summed E-state index contributed by atoms with van der Waals surface area (Å²) in [6, 6.07) is 0.784. The van der Waals surface area contributed by atoms with Crippen LogP contribution in [0.4, 0.5) is 0 Å². The van der Waals surface area contributed by atoms with Crippen molar-refractivity contribution < 1.29 is 4.74 Å². The van der Waals surface area contributed by atoms with Gasteiger partial charge in [0.05, 0.1) is 6.61 Å². The average molecular weight is 442 g/mol. The molecule has 0 aromatic heterocycles. The third kappa shape index (κ3) is 7.70. The van der Waals surface area contributed by atoms with Crippen LogP contribution in [0.5, 0.6) is 0 Å². The van der Waals surface area contributed by atoms with Crippen molar-refractivity contribution in [3.63, 3.8) is 0 Å². The highest BCUT2D eigenvalue weighted by atomic mass is 127. The predicted molar refractivity (Wildman–Crippen MR) is 107 cm³/mol. The maximum absolute atomic E-state index is 5.19. The number of methoxy groups -OCH3 is 1. The number of aliphatic imine (C=N–C) groups is 1. The van der Waals surface area contributed by atoms with E-state index < -0.39 is 0 Å². The second-order valence-electron chi connectivity index (χ2n) is 5.77. The van der Waals surface area contributed by atoms with Gasteiger partial charge in [-0.2, -0.15) is 11.8 Å². The summed E-state index contributed by atoms with van der Waals surface area (Å²) >= 11 is 2.08. The van der Waals surface area contributed by atoms with Crippen molar-refractivity contribution in [3.05, 3.63) is 0 Å². The van der Waals surface area contributed by atoms with E-state index in [0.29, 0.717) is 0 Å². The molecule has 1 saturated carbocycles. The second kappa shape index (κ2) is 11.8. The molecule has 22 heavy (non-hydrogen) atoms. The molecule has 0 aromatic rings. The highest BCUT2D eigenvalue weighted by Crippen LogP contribution is 2.26. The summed E-state index contributed by atoms with van der Waals surface area (Å²) in [7, 11) is 3.62. The number of halogens is 1. The monoisotopic (exact) mass is 442 g/mol. The predicted octanol–water partition coefficient (Wildman–Crippen LogP) is 1.78. The number of guanidine groups is 1. The number of thioether (sulfide) groups is 1. The molecule has 1 saturated heterocycles. The van der Waals surface area contributed by atoms with E-state index in [0.717, 1.165) is 50.0 Å². The number of nitrogens with zero attached hydrogens (tertiary/aromatic N) is 2. The molecule has 7 heteroatoms. The Morgan fingerprint density at radius 2 is 2.09 bits per heavy atom. The summed E-state index contributed by atoms with van der Waals surface area (Å²) in [6.45, 7) is 4.89. The standard InChI is InChI=1S/C15H30N4OS.HI/c1-16-15(18-12-14-4-3-11-21-14)17-7-8-19(9-10-20-2)13-5-6-13;/h13-14H,3-12H2,1-2H3,(H2,16,17,18);1H. The van der Waals surface area contributed by atoms with Gasteiger partial charge in [0.2, 0.25) is 0 Å². The Morgan fingerprint density at radius 1 is 1.27 bits per heavy atom. The molecule has 2 fully saturated rings. The first-order valence-corrected chi connectivity index (χ1v) is 9.17. The van der Waals surface area contributed by atoms with Crippen molar-refractivity contribution in [2.24, 2.45) is 4.99 Å². The van der Waals surface area contributed by atoms with E-state index in [1.54, 1.807) is 7.11 Å². The molecule has 0 bridgehead atoms. The van der Waals surface area contributed by atoms with Gasteiger partial charge in [-0.25, -0.2) is 0 Å². The van der Waals surface area contributed by atoms with E-state index in [4.69, 9.17) is 4.74 Å². The lowest BCUT2D eigenvalue weighted by molar-refractivity contribution is 0.144. The normalized spacial score (nSPS) is 21.8. The zero-order valence-corrected chi connectivity index (χ0v) is 17.0. The summed E-state index contributed by atoms with van der Waals surface area (Å²) in [5.41, 5.74) is 0. The molecule has 0 spiro atoms. The number of hydrogen-bond donors (Lipinski definition) is 2. The van der Waals surface area contributed by atoms with Gasteiger partial charge in [0, 0.05) is 51.6 Å². The Hall–Kier alpha value is 0.270. The lowest BCUT2D eigenvalue weighted by atomic mass is 10.2. The molecule has 1 aliphatic heterocycles. The number of ether oxygens (including phenoxy) is 1. The third-order valence-corrected chi connectivity index (χ3v) is 5.48. The fourth-order valence-corrected chi connectivity index (χ4v) is 3.88. The lowest BCUT2D eigenvalue weighted by Gasteiger charge is -2.22. The second-order valence-corrected chi connectivity index (χ2v) is 7.18. The van der Waals surface area contributed by atoms with Crippen LogP contribution in [0.3, 0.4) is 0 Å². The summed E-state index contributed by atoms with van der Waals surface area (Å²) in [5, 5.41) is 7.64. The van der Waals surface area contributed by atoms with Crippen LogP contribution in [-0.2, 0) is 4.74 Å². The van der Waals surface area contributed by atoms with Gasteiger partial charge in [-0.3, -0.25) is 9.89 Å². The maximum Gasteiger partial charge on any atom is 0.191 e. The van der Waals surface area contributed by atoms with E-state index in [9.17, 15) is 0 Å². The van der Waals surface area contributed by atoms with Gasteiger partial charge in [-0.15, -0.1) is 24.0 Å². The molecule has 1 unspecified atom stereocenters. The van der Waals surface area contributed by atoms with Gasteiger partial charge in [-0.1, -0.05) is 0 Å². The molecule has 0 radical (unpaired) electrons. The van der Waals surface area contributed by atoms with Gasteiger partial charge in [0.25, 0.3) is 0 Å². The van der Waals surface area contributed by atoms with E-state index >= 15 is 0 Å². The topological polar surface area (TPSA) is 48.9 Å². The molecule has 2 aliphatic rings. The molecular weight excluding hydrogens is 411 g/mol. The van der Waals surface area contributed by atoms with Gasteiger partial charge in [0.1, 0.15) is 0 Å². The lowest BCUT2D eigenvalue weighted by Crippen LogP contribution is -2.44. The van der Waals surface area contributed by atoms with Crippen molar-refractivity contribution in [2.75, 3.05) is 52.7 Å². The van der Waals surface area contributed by atoms with Crippen LogP contribution in [0, 0.1) is 0 Å². The van der Waals surface area contributed by atoms with Crippen molar-refractivity contribution in [1.29, 1.82) is 0 Å². The SMILES string of the molecule is CN=C(NCCN(CCOC)C1CC1)NCC1CCCS1.I. The Labute approximate surface area is 156 Å². The summed E-state index contributed by atoms with van der Waals surface area (Å²) < 4.78 is 5.19. The van der Waals surface area contributed by atoms with Crippen molar-refractivity contribution in [3.8, 4) is 0 Å². The molecule has 130 valence electrons. The first-order valence-electron chi connectivity index (χ1n) is 8.12. The van der Waals surface area contributed by atoms with E-state index in [-0.39, 0.29) is 24.0 Å². The molecule has 0 aromatic carbocycles. The molecule has 2 rings (SSSR count). The van der Waals surface area contributed by atoms with Crippen molar-refractivity contribution >= 4 is 41.7 Å². The molecule has 1 atom stereocenters. The molecule has 5 nitrogen and oxygen atoms in total. The van der Waals surface area contributed by atoms with Crippen molar-refractivity contribution in [1.82, 2.24) is 15.5 Å². The van der Waals surface area contributed by atoms with Crippen LogP contribution >= 0.6 is 35.7 Å². The first kappa shape index (κ1) is 20.3. The Bertz CT molecular complexity index is 323. The first-order chi connectivity index (χ1) is 10.3. The molecule has 0 amide bonds. The highest BCUT2D eigenvalue weighted by molar-refractivity contribution is 14.0. The minimum absolute atomic E-state index is 0. The van der Waals surface area contributed by atoms with E-state index in [2.05, 4.69) is 32.3 Å².